The topological polar surface area (TPSA) is 68.8 Å². The Bertz CT molecular complexity index is 1060. The molecule has 4 unspecified atom stereocenters. The molecule has 0 saturated carbocycles. The van der Waals surface area contributed by atoms with Crippen LogP contribution < -0.4 is 24.8 Å². The third-order valence-electron chi connectivity index (χ3n) is 7.79. The van der Waals surface area contributed by atoms with Crippen LogP contribution in [0.1, 0.15) is 62.4 Å². The third kappa shape index (κ3) is 4.54. The van der Waals surface area contributed by atoms with Gasteiger partial charge in [-0.25, -0.2) is 0 Å². The van der Waals surface area contributed by atoms with Crippen molar-refractivity contribution in [3.05, 3.63) is 41.5 Å². The Morgan fingerprint density at radius 1 is 0.800 bits per heavy atom. The highest BCUT2D eigenvalue weighted by Gasteiger charge is 2.38. The number of carbonyl (C=O) groups excluding carboxylic acids is 1. The number of fused-ring (bicyclic) bond motifs is 3. The molecule has 0 spiro atoms. The number of hydrogen-bond donors (Lipinski definition) is 2. The molecule has 5 rings (SSSR count). The van der Waals surface area contributed by atoms with Crippen molar-refractivity contribution in [3.63, 3.8) is 0 Å². The van der Waals surface area contributed by atoms with Gasteiger partial charge in [-0.3, -0.25) is 4.79 Å². The molecule has 6 nitrogen and oxygen atoms in total. The van der Waals surface area contributed by atoms with E-state index in [1.165, 1.54) is 0 Å². The Labute approximate surface area is 208 Å². The van der Waals surface area contributed by atoms with Crippen LogP contribution >= 0.6 is 0 Å². The van der Waals surface area contributed by atoms with E-state index in [1.807, 2.05) is 37.3 Å². The van der Waals surface area contributed by atoms with Crippen LogP contribution in [0.3, 0.4) is 0 Å². The van der Waals surface area contributed by atoms with Crippen LogP contribution in [0.4, 0.5) is 0 Å². The van der Waals surface area contributed by atoms with Crippen molar-refractivity contribution < 1.29 is 19.0 Å². The first-order valence-corrected chi connectivity index (χ1v) is 13.4. The molecule has 3 aliphatic rings. The maximum absolute atomic E-state index is 13.8. The molecule has 35 heavy (non-hydrogen) atoms. The Morgan fingerprint density at radius 2 is 1.40 bits per heavy atom. The van der Waals surface area contributed by atoms with E-state index in [0.717, 1.165) is 68.7 Å². The van der Waals surface area contributed by atoms with E-state index in [9.17, 15) is 4.79 Å². The molecule has 6 heteroatoms. The van der Waals surface area contributed by atoms with Crippen LogP contribution in [0.15, 0.2) is 30.3 Å². The second-order valence-corrected chi connectivity index (χ2v) is 9.89. The minimum Gasteiger partial charge on any atom is -0.493 e. The number of hydrogen-bond acceptors (Lipinski definition) is 6. The lowest BCUT2D eigenvalue weighted by Crippen LogP contribution is -2.28. The van der Waals surface area contributed by atoms with Gasteiger partial charge in [-0.1, -0.05) is 26.0 Å². The molecule has 188 valence electrons. The summed E-state index contributed by atoms with van der Waals surface area (Å²) in [6.07, 6.45) is 4.20. The summed E-state index contributed by atoms with van der Waals surface area (Å²) < 4.78 is 19.3. The van der Waals surface area contributed by atoms with Gasteiger partial charge in [0.1, 0.15) is 29.5 Å². The minimum absolute atomic E-state index is 0.00742. The van der Waals surface area contributed by atoms with Gasteiger partial charge in [0, 0.05) is 41.6 Å². The van der Waals surface area contributed by atoms with Crippen molar-refractivity contribution in [2.75, 3.05) is 32.8 Å². The van der Waals surface area contributed by atoms with Crippen LogP contribution in [-0.4, -0.2) is 50.8 Å². The maximum atomic E-state index is 13.8. The molecule has 1 aliphatic carbocycles. The average Bonchev–Trinajstić information content (AvgIpc) is 3.65. The van der Waals surface area contributed by atoms with Gasteiger partial charge in [0.15, 0.2) is 5.78 Å². The molecule has 0 radical (unpaired) electrons. The second kappa shape index (κ2) is 10.6. The molecule has 2 N–H and O–H groups in total. The quantitative estimate of drug-likeness (QED) is 0.435. The van der Waals surface area contributed by atoms with E-state index in [2.05, 4.69) is 24.5 Å². The SMILES string of the molecule is CCOc1ccc(OC(CC)C2CCNC2)c2c1-c1c(OC(CC)C3CCNC3)cccc1C2=O. The lowest BCUT2D eigenvalue weighted by atomic mass is 9.98. The summed E-state index contributed by atoms with van der Waals surface area (Å²) in [5.74, 6) is 3.04. The highest BCUT2D eigenvalue weighted by molar-refractivity contribution is 6.25. The summed E-state index contributed by atoms with van der Waals surface area (Å²) in [6, 6.07) is 9.69. The van der Waals surface area contributed by atoms with Crippen molar-refractivity contribution >= 4 is 5.78 Å². The van der Waals surface area contributed by atoms with Gasteiger partial charge in [0.25, 0.3) is 0 Å². The van der Waals surface area contributed by atoms with Gasteiger partial charge in [-0.2, -0.15) is 0 Å². The van der Waals surface area contributed by atoms with Crippen molar-refractivity contribution in [2.24, 2.45) is 11.8 Å². The van der Waals surface area contributed by atoms with Crippen LogP contribution in [0.2, 0.25) is 0 Å². The van der Waals surface area contributed by atoms with Crippen molar-refractivity contribution in [1.82, 2.24) is 10.6 Å². The van der Waals surface area contributed by atoms with Crippen molar-refractivity contribution in [3.8, 4) is 28.4 Å². The van der Waals surface area contributed by atoms with Crippen LogP contribution in [0, 0.1) is 11.8 Å². The zero-order valence-electron chi connectivity index (χ0n) is 21.2. The highest BCUT2D eigenvalue weighted by atomic mass is 16.5. The van der Waals surface area contributed by atoms with Gasteiger partial charge in [0.05, 0.1) is 12.2 Å². The number of benzene rings is 2. The molecule has 2 heterocycles. The van der Waals surface area contributed by atoms with Gasteiger partial charge >= 0.3 is 0 Å². The van der Waals surface area contributed by atoms with E-state index in [-0.39, 0.29) is 18.0 Å². The van der Waals surface area contributed by atoms with Crippen LogP contribution in [0.5, 0.6) is 17.2 Å². The van der Waals surface area contributed by atoms with Gasteiger partial charge in [-0.05, 0) is 63.9 Å². The Morgan fingerprint density at radius 3 is 1.94 bits per heavy atom. The average molecular weight is 479 g/mol. The highest BCUT2D eigenvalue weighted by Crippen LogP contribution is 2.51. The maximum Gasteiger partial charge on any atom is 0.198 e. The molecule has 2 fully saturated rings. The lowest BCUT2D eigenvalue weighted by molar-refractivity contribution is 0.102. The summed E-state index contributed by atoms with van der Waals surface area (Å²) in [6.45, 7) is 10.8. The molecule has 0 aromatic heterocycles. The normalized spacial score (nSPS) is 22.5. The summed E-state index contributed by atoms with van der Waals surface area (Å²) in [5.41, 5.74) is 2.95. The molecule has 4 atom stereocenters. The summed E-state index contributed by atoms with van der Waals surface area (Å²) in [5, 5.41) is 6.89. The molecule has 2 aliphatic heterocycles. The third-order valence-corrected chi connectivity index (χ3v) is 7.79. The molecule has 0 bridgehead atoms. The summed E-state index contributed by atoms with van der Waals surface area (Å²) in [4.78, 5) is 13.8. The van der Waals surface area contributed by atoms with Gasteiger partial charge in [-0.15, -0.1) is 0 Å². The number of nitrogens with one attached hydrogen (secondary N) is 2. The first-order chi connectivity index (χ1) is 17.2. The zero-order valence-corrected chi connectivity index (χ0v) is 21.2. The van der Waals surface area contributed by atoms with Crippen LogP contribution in [0.25, 0.3) is 11.1 Å². The zero-order chi connectivity index (χ0) is 24.4. The standard InChI is InChI=1S/C29H38N2O4/c1-4-21(18-12-14-30-16-18)34-24-9-7-8-20-26(24)27-23(33-6-3)10-11-25(28(27)29(20)32)35-22(5-2)19-13-15-31-17-19/h7-11,18-19,21-22,30-31H,4-6,12-17H2,1-3H3. The van der Waals surface area contributed by atoms with Gasteiger partial charge < -0.3 is 24.8 Å². The first kappa shape index (κ1) is 24.1. The molecule has 2 saturated heterocycles. The number of carbonyl (C=O) groups is 1. The summed E-state index contributed by atoms with van der Waals surface area (Å²) >= 11 is 0. The number of ether oxygens (including phenoxy) is 3. The minimum atomic E-state index is -0.00742. The molecule has 0 amide bonds. The van der Waals surface area contributed by atoms with E-state index in [0.29, 0.717) is 41.1 Å². The molecule has 2 aromatic carbocycles. The fourth-order valence-electron chi connectivity index (χ4n) is 5.96. The van der Waals surface area contributed by atoms with E-state index in [4.69, 9.17) is 14.2 Å². The van der Waals surface area contributed by atoms with Crippen molar-refractivity contribution in [1.29, 1.82) is 0 Å². The fraction of sp³-hybridized carbons (Fsp3) is 0.552. The number of ketones is 1. The molecule has 2 aromatic rings. The molecular formula is C29H38N2O4. The Balaban J connectivity index is 1.56. The van der Waals surface area contributed by atoms with E-state index >= 15 is 0 Å². The second-order valence-electron chi connectivity index (χ2n) is 9.89. The predicted octanol–water partition coefficient (Wildman–Crippen LogP) is 4.83. The molecular weight excluding hydrogens is 440 g/mol. The largest absolute Gasteiger partial charge is 0.493 e. The van der Waals surface area contributed by atoms with E-state index < -0.39 is 0 Å². The first-order valence-electron chi connectivity index (χ1n) is 13.4. The predicted molar refractivity (Wildman–Crippen MR) is 138 cm³/mol. The van der Waals surface area contributed by atoms with Crippen molar-refractivity contribution in [2.45, 2.75) is 58.7 Å². The number of rotatable bonds is 10. The smallest absolute Gasteiger partial charge is 0.198 e. The fourth-order valence-corrected chi connectivity index (χ4v) is 5.96. The lowest BCUT2D eigenvalue weighted by Gasteiger charge is -2.25. The van der Waals surface area contributed by atoms with Crippen LogP contribution in [-0.2, 0) is 0 Å². The van der Waals surface area contributed by atoms with Gasteiger partial charge in [0.2, 0.25) is 0 Å². The van der Waals surface area contributed by atoms with E-state index in [1.54, 1.807) is 0 Å². The summed E-state index contributed by atoms with van der Waals surface area (Å²) in [7, 11) is 0. The monoisotopic (exact) mass is 478 g/mol. The Hall–Kier alpha value is -2.57. The Kier molecular flexibility index (Phi) is 7.30.